The van der Waals surface area contributed by atoms with Crippen LogP contribution in [0.15, 0.2) is 47.2 Å². The number of benzene rings is 1. The van der Waals surface area contributed by atoms with Crippen molar-refractivity contribution >= 4 is 15.9 Å². The van der Waals surface area contributed by atoms with Crippen LogP contribution < -0.4 is 10.1 Å². The molecular formula is C17H21BrN2O. The normalized spacial score (nSPS) is 10.6. The van der Waals surface area contributed by atoms with E-state index in [2.05, 4.69) is 45.3 Å². The molecule has 2 rings (SSSR count). The number of hydrogen-bond donors (Lipinski definition) is 1. The highest BCUT2D eigenvalue weighted by Gasteiger charge is 2.03. The molecule has 0 spiro atoms. The predicted octanol–water partition coefficient (Wildman–Crippen LogP) is 3.97. The van der Waals surface area contributed by atoms with Gasteiger partial charge in [-0.05, 0) is 48.4 Å². The lowest BCUT2D eigenvalue weighted by atomic mass is 10.2. The van der Waals surface area contributed by atoms with Crippen molar-refractivity contribution in [3.63, 3.8) is 0 Å². The second-order valence-electron chi connectivity index (χ2n) is 4.89. The Hall–Kier alpha value is -1.39. The second-order valence-corrected chi connectivity index (χ2v) is 5.74. The first-order valence-electron chi connectivity index (χ1n) is 7.30. The third kappa shape index (κ3) is 5.48. The molecule has 0 saturated heterocycles. The molecule has 0 unspecified atom stereocenters. The molecule has 1 aromatic carbocycles. The van der Waals surface area contributed by atoms with Crippen molar-refractivity contribution in [3.8, 4) is 5.75 Å². The molecule has 112 valence electrons. The number of aromatic nitrogens is 1. The Kier molecular flexibility index (Phi) is 6.70. The Bertz CT molecular complexity index is 546. The van der Waals surface area contributed by atoms with Gasteiger partial charge in [-0.25, -0.2) is 0 Å². The molecule has 2 aromatic rings. The quantitative estimate of drug-likeness (QED) is 0.733. The van der Waals surface area contributed by atoms with Crippen molar-refractivity contribution in [2.45, 2.75) is 26.3 Å². The van der Waals surface area contributed by atoms with Gasteiger partial charge in [-0.1, -0.05) is 28.9 Å². The number of halogens is 1. The van der Waals surface area contributed by atoms with Gasteiger partial charge in [0.1, 0.15) is 5.75 Å². The summed E-state index contributed by atoms with van der Waals surface area (Å²) in [6.07, 6.45) is 5.67. The van der Waals surface area contributed by atoms with E-state index >= 15 is 0 Å². The minimum absolute atomic E-state index is 0.662. The van der Waals surface area contributed by atoms with E-state index in [-0.39, 0.29) is 0 Å². The van der Waals surface area contributed by atoms with Gasteiger partial charge in [0.15, 0.2) is 0 Å². The summed E-state index contributed by atoms with van der Waals surface area (Å²) in [5, 5.41) is 3.41. The number of ether oxygens (including phenoxy) is 1. The zero-order valence-corrected chi connectivity index (χ0v) is 13.9. The summed E-state index contributed by atoms with van der Waals surface area (Å²) in [5.74, 6) is 0.912. The highest BCUT2D eigenvalue weighted by atomic mass is 79.9. The van der Waals surface area contributed by atoms with Gasteiger partial charge in [-0.2, -0.15) is 0 Å². The van der Waals surface area contributed by atoms with E-state index in [1.807, 2.05) is 24.4 Å². The molecule has 0 aliphatic heterocycles. The van der Waals surface area contributed by atoms with Crippen molar-refractivity contribution in [1.82, 2.24) is 10.3 Å². The molecule has 0 saturated carbocycles. The SMILES string of the molecule is CCCNCc1cc(OCCc2cccnc2)ccc1Br. The molecule has 0 radical (unpaired) electrons. The van der Waals surface area contributed by atoms with Crippen LogP contribution in [0.5, 0.6) is 5.75 Å². The Morgan fingerprint density at radius 2 is 2.19 bits per heavy atom. The monoisotopic (exact) mass is 348 g/mol. The van der Waals surface area contributed by atoms with Gasteiger partial charge >= 0.3 is 0 Å². The highest BCUT2D eigenvalue weighted by molar-refractivity contribution is 9.10. The van der Waals surface area contributed by atoms with Crippen LogP contribution in [0.1, 0.15) is 24.5 Å². The number of nitrogens with zero attached hydrogens (tertiary/aromatic N) is 1. The molecular weight excluding hydrogens is 328 g/mol. The van der Waals surface area contributed by atoms with E-state index in [0.29, 0.717) is 6.61 Å². The Labute approximate surface area is 134 Å². The Balaban J connectivity index is 1.86. The average molecular weight is 349 g/mol. The largest absolute Gasteiger partial charge is 0.493 e. The first-order chi connectivity index (χ1) is 10.3. The average Bonchev–Trinajstić information content (AvgIpc) is 2.51. The molecule has 0 atom stereocenters. The fourth-order valence-corrected chi connectivity index (χ4v) is 2.40. The van der Waals surface area contributed by atoms with Crippen molar-refractivity contribution in [2.75, 3.05) is 13.2 Å². The van der Waals surface area contributed by atoms with Crippen LogP contribution in [0.3, 0.4) is 0 Å². The van der Waals surface area contributed by atoms with Crippen LogP contribution in [0, 0.1) is 0 Å². The van der Waals surface area contributed by atoms with Gasteiger partial charge in [0.05, 0.1) is 6.61 Å². The molecule has 0 fully saturated rings. The molecule has 0 aliphatic carbocycles. The third-order valence-electron chi connectivity index (χ3n) is 3.14. The second kappa shape index (κ2) is 8.80. The van der Waals surface area contributed by atoms with E-state index in [1.165, 1.54) is 11.1 Å². The van der Waals surface area contributed by atoms with E-state index in [4.69, 9.17) is 4.74 Å². The Morgan fingerprint density at radius 1 is 1.29 bits per heavy atom. The molecule has 1 N–H and O–H groups in total. The van der Waals surface area contributed by atoms with Crippen LogP contribution in [0.25, 0.3) is 0 Å². The van der Waals surface area contributed by atoms with Crippen LogP contribution in [0.2, 0.25) is 0 Å². The molecule has 1 aromatic heterocycles. The Morgan fingerprint density at radius 3 is 2.95 bits per heavy atom. The number of nitrogens with one attached hydrogen (secondary N) is 1. The number of rotatable bonds is 8. The molecule has 4 heteroatoms. The van der Waals surface area contributed by atoms with Crippen molar-refractivity contribution in [3.05, 3.63) is 58.3 Å². The third-order valence-corrected chi connectivity index (χ3v) is 3.92. The maximum atomic E-state index is 5.84. The van der Waals surface area contributed by atoms with Crippen LogP contribution in [-0.4, -0.2) is 18.1 Å². The van der Waals surface area contributed by atoms with E-state index in [1.54, 1.807) is 6.20 Å². The lowest BCUT2D eigenvalue weighted by Crippen LogP contribution is -2.14. The summed E-state index contributed by atoms with van der Waals surface area (Å²) in [4.78, 5) is 4.11. The topological polar surface area (TPSA) is 34.1 Å². The van der Waals surface area contributed by atoms with Gasteiger partial charge in [0.25, 0.3) is 0 Å². The molecule has 3 nitrogen and oxygen atoms in total. The standard InChI is InChI=1S/C17H21BrN2O/c1-2-8-19-13-15-11-16(5-6-17(15)18)21-10-7-14-4-3-9-20-12-14/h3-6,9,11-12,19H,2,7-8,10,13H2,1H3. The lowest BCUT2D eigenvalue weighted by molar-refractivity contribution is 0.321. The lowest BCUT2D eigenvalue weighted by Gasteiger charge is -2.10. The molecule has 0 amide bonds. The fourth-order valence-electron chi connectivity index (χ4n) is 2.01. The smallest absolute Gasteiger partial charge is 0.119 e. The summed E-state index contributed by atoms with van der Waals surface area (Å²) >= 11 is 3.58. The summed E-state index contributed by atoms with van der Waals surface area (Å²) < 4.78 is 6.95. The van der Waals surface area contributed by atoms with Crippen molar-refractivity contribution < 1.29 is 4.74 Å². The first-order valence-corrected chi connectivity index (χ1v) is 8.09. The van der Waals surface area contributed by atoms with Gasteiger partial charge < -0.3 is 10.1 Å². The fraction of sp³-hybridized carbons (Fsp3) is 0.353. The van der Waals surface area contributed by atoms with Gasteiger partial charge in [-0.3, -0.25) is 4.98 Å². The zero-order valence-electron chi connectivity index (χ0n) is 12.3. The van der Waals surface area contributed by atoms with Crippen LogP contribution in [0.4, 0.5) is 0 Å². The summed E-state index contributed by atoms with van der Waals surface area (Å²) in [7, 11) is 0. The van der Waals surface area contributed by atoms with E-state index in [0.717, 1.165) is 36.2 Å². The molecule has 1 heterocycles. The van der Waals surface area contributed by atoms with Crippen molar-refractivity contribution in [1.29, 1.82) is 0 Å². The van der Waals surface area contributed by atoms with Gasteiger partial charge in [0.2, 0.25) is 0 Å². The van der Waals surface area contributed by atoms with Crippen molar-refractivity contribution in [2.24, 2.45) is 0 Å². The van der Waals surface area contributed by atoms with Gasteiger partial charge in [0, 0.05) is 29.8 Å². The molecule has 21 heavy (non-hydrogen) atoms. The summed E-state index contributed by atoms with van der Waals surface area (Å²) in [6, 6.07) is 10.2. The van der Waals surface area contributed by atoms with E-state index in [9.17, 15) is 0 Å². The van der Waals surface area contributed by atoms with Crippen LogP contribution >= 0.6 is 15.9 Å². The molecule has 0 bridgehead atoms. The zero-order chi connectivity index (χ0) is 14.9. The van der Waals surface area contributed by atoms with Crippen LogP contribution in [-0.2, 0) is 13.0 Å². The maximum Gasteiger partial charge on any atom is 0.119 e. The van der Waals surface area contributed by atoms with E-state index < -0.39 is 0 Å². The molecule has 0 aliphatic rings. The van der Waals surface area contributed by atoms with Gasteiger partial charge in [-0.15, -0.1) is 0 Å². The summed E-state index contributed by atoms with van der Waals surface area (Å²) in [6.45, 7) is 4.71. The first kappa shape index (κ1) is 16.0. The maximum absolute atomic E-state index is 5.84. The number of hydrogen-bond acceptors (Lipinski definition) is 3. The predicted molar refractivity (Wildman–Crippen MR) is 89.6 cm³/mol. The number of pyridine rings is 1. The minimum atomic E-state index is 0.662. The highest BCUT2D eigenvalue weighted by Crippen LogP contribution is 2.22. The summed E-state index contributed by atoms with van der Waals surface area (Å²) in [5.41, 5.74) is 2.42. The minimum Gasteiger partial charge on any atom is -0.493 e.